The van der Waals surface area contributed by atoms with Gasteiger partial charge in [-0.2, -0.15) is 0 Å². The molecule has 0 radical (unpaired) electrons. The van der Waals surface area contributed by atoms with E-state index in [2.05, 4.69) is 5.32 Å². The van der Waals surface area contributed by atoms with Crippen molar-refractivity contribution in [1.82, 2.24) is 5.32 Å². The molecule has 0 spiro atoms. The molecule has 0 aliphatic heterocycles. The number of nitrogens with zero attached hydrogens (tertiary/aromatic N) is 1. The van der Waals surface area contributed by atoms with Crippen LogP contribution in [0.3, 0.4) is 0 Å². The summed E-state index contributed by atoms with van der Waals surface area (Å²) in [5, 5.41) is 12.8. The zero-order chi connectivity index (χ0) is 11.3. The fourth-order valence-electron chi connectivity index (χ4n) is 0.962. The molecule has 0 saturated heterocycles. The quantitative estimate of drug-likeness (QED) is 0.461. The summed E-state index contributed by atoms with van der Waals surface area (Å²) in [5.41, 5.74) is 0.774. The molecular formula is C10H10N2O3. The van der Waals surface area contributed by atoms with E-state index in [4.69, 9.17) is 0 Å². The Morgan fingerprint density at radius 3 is 2.47 bits per heavy atom. The number of hydrogen-bond donors (Lipinski definition) is 1. The second-order valence-electron chi connectivity index (χ2n) is 2.80. The predicted molar refractivity (Wildman–Crippen MR) is 56.2 cm³/mol. The molecule has 15 heavy (non-hydrogen) atoms. The van der Waals surface area contributed by atoms with Crippen molar-refractivity contribution in [2.24, 2.45) is 0 Å². The van der Waals surface area contributed by atoms with Crippen LogP contribution in [0.1, 0.15) is 5.56 Å². The Balaban J connectivity index is 2.77. The number of likely N-dealkylation sites (N-methyl/N-ethyl adjacent to an activating group) is 1. The Hall–Kier alpha value is -2.17. The lowest BCUT2D eigenvalue weighted by molar-refractivity contribution is -0.384. The Kier molecular flexibility index (Phi) is 3.56. The molecule has 0 bridgehead atoms. The van der Waals surface area contributed by atoms with Gasteiger partial charge in [-0.05, 0) is 23.8 Å². The molecule has 1 amide bonds. The van der Waals surface area contributed by atoms with Crippen LogP contribution in [0.4, 0.5) is 5.69 Å². The van der Waals surface area contributed by atoms with Crippen molar-refractivity contribution in [3.8, 4) is 0 Å². The molecule has 0 aromatic heterocycles. The summed E-state index contributed by atoms with van der Waals surface area (Å²) in [6.07, 6.45) is 2.95. The van der Waals surface area contributed by atoms with Gasteiger partial charge >= 0.3 is 0 Å². The van der Waals surface area contributed by atoms with E-state index in [0.29, 0.717) is 0 Å². The highest BCUT2D eigenvalue weighted by Crippen LogP contribution is 2.12. The highest BCUT2D eigenvalue weighted by Gasteiger charge is 2.02. The third-order valence-corrected chi connectivity index (χ3v) is 1.78. The number of nitro benzene ring substituents is 1. The zero-order valence-electron chi connectivity index (χ0n) is 8.14. The molecule has 1 aromatic carbocycles. The fourth-order valence-corrected chi connectivity index (χ4v) is 0.962. The molecule has 0 aliphatic carbocycles. The molecule has 1 aromatic rings. The summed E-state index contributed by atoms with van der Waals surface area (Å²) < 4.78 is 0. The minimum atomic E-state index is -0.466. The molecule has 78 valence electrons. The number of rotatable bonds is 3. The first-order valence-electron chi connectivity index (χ1n) is 4.27. The number of nitro groups is 1. The highest BCUT2D eigenvalue weighted by atomic mass is 16.6. The average Bonchev–Trinajstić information content (AvgIpc) is 2.26. The largest absolute Gasteiger partial charge is 0.356 e. The topological polar surface area (TPSA) is 72.2 Å². The molecular weight excluding hydrogens is 196 g/mol. The summed E-state index contributed by atoms with van der Waals surface area (Å²) in [5.74, 6) is -0.214. The van der Waals surface area contributed by atoms with E-state index in [-0.39, 0.29) is 11.6 Å². The average molecular weight is 206 g/mol. The van der Waals surface area contributed by atoms with Crippen molar-refractivity contribution < 1.29 is 9.72 Å². The molecule has 1 N–H and O–H groups in total. The lowest BCUT2D eigenvalue weighted by Gasteiger charge is -1.93. The van der Waals surface area contributed by atoms with Crippen LogP contribution in [-0.4, -0.2) is 17.9 Å². The number of amides is 1. The highest BCUT2D eigenvalue weighted by molar-refractivity contribution is 5.91. The zero-order valence-corrected chi connectivity index (χ0v) is 8.14. The smallest absolute Gasteiger partial charge is 0.269 e. The third kappa shape index (κ3) is 3.22. The van der Waals surface area contributed by atoms with Crippen LogP contribution in [0, 0.1) is 10.1 Å². The van der Waals surface area contributed by atoms with Crippen LogP contribution in [-0.2, 0) is 4.79 Å². The van der Waals surface area contributed by atoms with Gasteiger partial charge in [-0.3, -0.25) is 14.9 Å². The first-order valence-corrected chi connectivity index (χ1v) is 4.27. The minimum absolute atomic E-state index is 0.0343. The van der Waals surface area contributed by atoms with Crippen LogP contribution in [0.25, 0.3) is 6.08 Å². The van der Waals surface area contributed by atoms with Gasteiger partial charge in [0.1, 0.15) is 0 Å². The Labute approximate surface area is 86.6 Å². The van der Waals surface area contributed by atoms with Crippen molar-refractivity contribution in [1.29, 1.82) is 0 Å². The Morgan fingerprint density at radius 2 is 2.00 bits per heavy atom. The van der Waals surface area contributed by atoms with E-state index in [1.54, 1.807) is 18.2 Å². The van der Waals surface area contributed by atoms with Crippen molar-refractivity contribution in [3.63, 3.8) is 0 Å². The molecule has 0 atom stereocenters. The molecule has 0 heterocycles. The second-order valence-corrected chi connectivity index (χ2v) is 2.80. The lowest BCUT2D eigenvalue weighted by atomic mass is 10.2. The molecule has 1 rings (SSSR count). The summed E-state index contributed by atoms with van der Waals surface area (Å²) in [4.78, 5) is 20.7. The van der Waals surface area contributed by atoms with E-state index in [1.807, 2.05) is 0 Å². The van der Waals surface area contributed by atoms with E-state index in [1.165, 1.54) is 25.3 Å². The summed E-state index contributed by atoms with van der Waals surface area (Å²) >= 11 is 0. The first-order chi connectivity index (χ1) is 7.13. The lowest BCUT2D eigenvalue weighted by Crippen LogP contribution is -2.13. The number of carbonyl (C=O) groups excluding carboxylic acids is 1. The Bertz CT molecular complexity index is 396. The molecule has 5 heteroatoms. The number of hydrogen-bond acceptors (Lipinski definition) is 3. The molecule has 0 saturated carbocycles. The van der Waals surface area contributed by atoms with Crippen LogP contribution in [0.15, 0.2) is 30.3 Å². The van der Waals surface area contributed by atoms with Gasteiger partial charge in [-0.1, -0.05) is 0 Å². The maximum atomic E-state index is 10.9. The maximum Gasteiger partial charge on any atom is 0.269 e. The van der Waals surface area contributed by atoms with E-state index >= 15 is 0 Å². The summed E-state index contributed by atoms with van der Waals surface area (Å²) in [6, 6.07) is 5.95. The van der Waals surface area contributed by atoms with Crippen molar-refractivity contribution in [2.75, 3.05) is 7.05 Å². The van der Waals surface area contributed by atoms with E-state index in [9.17, 15) is 14.9 Å². The Morgan fingerprint density at radius 1 is 1.40 bits per heavy atom. The van der Waals surface area contributed by atoms with Crippen molar-refractivity contribution >= 4 is 17.7 Å². The van der Waals surface area contributed by atoms with Gasteiger partial charge in [-0.25, -0.2) is 0 Å². The van der Waals surface area contributed by atoms with Crippen LogP contribution in [0.5, 0.6) is 0 Å². The SMILES string of the molecule is CNC(=O)/C=C\c1ccc([N+](=O)[O-])cc1. The standard InChI is InChI=1S/C10H10N2O3/c1-11-10(13)7-4-8-2-5-9(6-3-8)12(14)15/h2-7H,1H3,(H,11,13)/b7-4-. The van der Waals surface area contributed by atoms with Gasteiger partial charge < -0.3 is 5.32 Å². The monoisotopic (exact) mass is 206 g/mol. The molecule has 0 fully saturated rings. The predicted octanol–water partition coefficient (Wildman–Crippen LogP) is 1.35. The van der Waals surface area contributed by atoms with E-state index < -0.39 is 4.92 Å². The van der Waals surface area contributed by atoms with Gasteiger partial charge in [0.05, 0.1) is 4.92 Å². The van der Waals surface area contributed by atoms with Crippen LogP contribution < -0.4 is 5.32 Å². The fraction of sp³-hybridized carbons (Fsp3) is 0.100. The normalized spacial score (nSPS) is 10.2. The van der Waals surface area contributed by atoms with Gasteiger partial charge in [0.25, 0.3) is 5.69 Å². The van der Waals surface area contributed by atoms with Gasteiger partial charge in [-0.15, -0.1) is 0 Å². The summed E-state index contributed by atoms with van der Waals surface area (Å²) in [6.45, 7) is 0. The number of carbonyl (C=O) groups is 1. The van der Waals surface area contributed by atoms with Gasteiger partial charge in [0.15, 0.2) is 0 Å². The third-order valence-electron chi connectivity index (χ3n) is 1.78. The minimum Gasteiger partial charge on any atom is -0.356 e. The first kappa shape index (κ1) is 10.9. The number of benzene rings is 1. The van der Waals surface area contributed by atoms with Crippen LogP contribution in [0.2, 0.25) is 0 Å². The van der Waals surface area contributed by atoms with Gasteiger partial charge in [0.2, 0.25) is 5.91 Å². The number of non-ortho nitro benzene ring substituents is 1. The van der Waals surface area contributed by atoms with Gasteiger partial charge in [0, 0.05) is 25.3 Å². The summed E-state index contributed by atoms with van der Waals surface area (Å²) in [7, 11) is 1.53. The van der Waals surface area contributed by atoms with E-state index in [0.717, 1.165) is 5.56 Å². The van der Waals surface area contributed by atoms with Crippen molar-refractivity contribution in [2.45, 2.75) is 0 Å². The molecule has 5 nitrogen and oxygen atoms in total. The second kappa shape index (κ2) is 4.90. The maximum absolute atomic E-state index is 10.9. The van der Waals surface area contributed by atoms with Crippen LogP contribution >= 0.6 is 0 Å². The molecule has 0 unspecified atom stereocenters. The number of nitrogens with one attached hydrogen (secondary N) is 1. The molecule has 0 aliphatic rings. The van der Waals surface area contributed by atoms with Crippen molar-refractivity contribution in [3.05, 3.63) is 46.0 Å².